The van der Waals surface area contributed by atoms with Crippen molar-refractivity contribution in [2.24, 2.45) is 0 Å². The summed E-state index contributed by atoms with van der Waals surface area (Å²) in [4.78, 5) is 34.6. The average molecular weight is 431 g/mol. The fourth-order valence-corrected chi connectivity index (χ4v) is 4.57. The normalized spacial score (nSPS) is 16.0. The van der Waals surface area contributed by atoms with Gasteiger partial charge in [-0.25, -0.2) is 4.79 Å². The maximum absolute atomic E-state index is 13.5. The minimum Gasteiger partial charge on any atom is -0.462 e. The average Bonchev–Trinajstić information content (AvgIpc) is 3.07. The second-order valence-corrected chi connectivity index (χ2v) is 7.68. The molecule has 1 aliphatic rings. The molecule has 0 saturated carbocycles. The van der Waals surface area contributed by atoms with Gasteiger partial charge in [-0.1, -0.05) is 11.8 Å². The molecule has 0 fully saturated rings. The van der Waals surface area contributed by atoms with E-state index in [-0.39, 0.29) is 34.1 Å². The predicted molar refractivity (Wildman–Crippen MR) is 116 cm³/mol. The Hall–Kier alpha value is -3.90. The Morgan fingerprint density at radius 3 is 2.52 bits per heavy atom. The Morgan fingerprint density at radius 2 is 1.90 bits per heavy atom. The fraction of sp³-hybridized carbons (Fsp3) is 0.136. The van der Waals surface area contributed by atoms with Gasteiger partial charge in [0.25, 0.3) is 0 Å². The SMILES string of the molecule is CCOC(=O)C1=c2/c(=C/c3ccncc3)c(N)c(C#N)n2C(=O)C(c2ccncc2)S1. The van der Waals surface area contributed by atoms with Crippen molar-refractivity contribution in [1.82, 2.24) is 14.5 Å². The molecule has 9 heteroatoms. The molecule has 4 heterocycles. The third-order valence-electron chi connectivity index (χ3n) is 4.74. The van der Waals surface area contributed by atoms with Crippen LogP contribution in [0.2, 0.25) is 0 Å². The Morgan fingerprint density at radius 1 is 1.26 bits per heavy atom. The van der Waals surface area contributed by atoms with Gasteiger partial charge in [0.15, 0.2) is 5.69 Å². The zero-order chi connectivity index (χ0) is 22.0. The highest BCUT2D eigenvalue weighted by atomic mass is 32.2. The summed E-state index contributed by atoms with van der Waals surface area (Å²) in [6.07, 6.45) is 8.10. The number of carbonyl (C=O) groups is 2. The van der Waals surface area contributed by atoms with Crippen molar-refractivity contribution >= 4 is 40.3 Å². The zero-order valence-electron chi connectivity index (χ0n) is 16.5. The smallest absolute Gasteiger partial charge is 0.346 e. The first-order valence-electron chi connectivity index (χ1n) is 9.41. The maximum Gasteiger partial charge on any atom is 0.346 e. The summed E-state index contributed by atoms with van der Waals surface area (Å²) in [7, 11) is 0. The van der Waals surface area contributed by atoms with Gasteiger partial charge in [0.1, 0.15) is 16.2 Å². The van der Waals surface area contributed by atoms with Gasteiger partial charge >= 0.3 is 5.97 Å². The lowest BCUT2D eigenvalue weighted by Crippen LogP contribution is -2.42. The molecule has 0 aliphatic carbocycles. The molecule has 0 saturated heterocycles. The van der Waals surface area contributed by atoms with Crippen LogP contribution in [0, 0.1) is 11.3 Å². The van der Waals surface area contributed by atoms with Gasteiger partial charge in [-0.2, -0.15) is 5.26 Å². The molecule has 3 aromatic heterocycles. The molecular weight excluding hydrogens is 414 g/mol. The predicted octanol–water partition coefficient (Wildman–Crippen LogP) is 1.36. The Kier molecular flexibility index (Phi) is 5.56. The van der Waals surface area contributed by atoms with E-state index in [9.17, 15) is 14.9 Å². The first-order chi connectivity index (χ1) is 15.1. The summed E-state index contributed by atoms with van der Waals surface area (Å²) in [6, 6.07) is 8.94. The number of nitriles is 1. The molecule has 4 rings (SSSR count). The van der Waals surface area contributed by atoms with Gasteiger partial charge < -0.3 is 10.5 Å². The van der Waals surface area contributed by atoms with Gasteiger partial charge in [-0.3, -0.25) is 19.3 Å². The zero-order valence-corrected chi connectivity index (χ0v) is 17.3. The number of nitrogen functional groups attached to an aromatic ring is 1. The van der Waals surface area contributed by atoms with Crippen LogP contribution in [0.4, 0.5) is 5.69 Å². The van der Waals surface area contributed by atoms with Crippen molar-refractivity contribution in [1.29, 1.82) is 5.26 Å². The number of anilines is 1. The number of fused-ring (bicyclic) bond motifs is 1. The van der Waals surface area contributed by atoms with E-state index in [4.69, 9.17) is 10.5 Å². The first kappa shape index (κ1) is 20.4. The molecule has 3 aromatic rings. The molecule has 0 bridgehead atoms. The van der Waals surface area contributed by atoms with Crippen LogP contribution >= 0.6 is 11.8 Å². The second kappa shape index (κ2) is 8.45. The molecular formula is C22H17N5O3S. The summed E-state index contributed by atoms with van der Waals surface area (Å²) in [5, 5.41) is 9.72. The summed E-state index contributed by atoms with van der Waals surface area (Å²) in [5.41, 5.74) is 7.83. The van der Waals surface area contributed by atoms with Crippen molar-refractivity contribution in [2.45, 2.75) is 12.2 Å². The van der Waals surface area contributed by atoms with Crippen LogP contribution in [0.1, 0.15) is 33.8 Å². The number of esters is 1. The Bertz CT molecular complexity index is 1330. The van der Waals surface area contributed by atoms with E-state index < -0.39 is 11.2 Å². The molecule has 8 nitrogen and oxygen atoms in total. The molecule has 31 heavy (non-hydrogen) atoms. The molecule has 0 spiro atoms. The number of rotatable bonds is 4. The molecule has 1 atom stereocenters. The van der Waals surface area contributed by atoms with E-state index >= 15 is 0 Å². The number of nitrogens with zero attached hydrogens (tertiary/aromatic N) is 4. The monoisotopic (exact) mass is 431 g/mol. The van der Waals surface area contributed by atoms with Gasteiger partial charge in [0.05, 0.1) is 17.6 Å². The van der Waals surface area contributed by atoms with Crippen LogP contribution in [-0.2, 0) is 9.53 Å². The van der Waals surface area contributed by atoms with Crippen LogP contribution in [-0.4, -0.2) is 33.0 Å². The highest BCUT2D eigenvalue weighted by Gasteiger charge is 2.36. The van der Waals surface area contributed by atoms with Gasteiger partial charge in [0, 0.05) is 30.0 Å². The van der Waals surface area contributed by atoms with Crippen LogP contribution in [0.25, 0.3) is 11.0 Å². The molecule has 0 aromatic carbocycles. The highest BCUT2D eigenvalue weighted by molar-refractivity contribution is 8.10. The van der Waals surface area contributed by atoms with E-state index in [1.165, 1.54) is 4.57 Å². The molecule has 2 N–H and O–H groups in total. The fourth-order valence-electron chi connectivity index (χ4n) is 3.37. The number of ether oxygens (including phenoxy) is 1. The Labute approximate surface area is 181 Å². The summed E-state index contributed by atoms with van der Waals surface area (Å²) in [6.45, 7) is 1.87. The topological polar surface area (TPSA) is 124 Å². The first-order valence-corrected chi connectivity index (χ1v) is 10.3. The number of pyridine rings is 2. The Balaban J connectivity index is 2.07. The van der Waals surface area contributed by atoms with Crippen molar-refractivity contribution < 1.29 is 14.3 Å². The number of nitrogens with two attached hydrogens (primary N) is 1. The number of hydrogen-bond acceptors (Lipinski definition) is 8. The molecule has 1 unspecified atom stereocenters. The van der Waals surface area contributed by atoms with E-state index in [1.807, 2.05) is 6.07 Å². The lowest BCUT2D eigenvalue weighted by Gasteiger charge is -2.22. The lowest BCUT2D eigenvalue weighted by molar-refractivity contribution is -0.135. The number of thioether (sulfide) groups is 1. The third-order valence-corrected chi connectivity index (χ3v) is 6.04. The molecule has 154 valence electrons. The lowest BCUT2D eigenvalue weighted by atomic mass is 10.1. The van der Waals surface area contributed by atoms with E-state index in [2.05, 4.69) is 9.97 Å². The quantitative estimate of drug-likeness (QED) is 0.614. The van der Waals surface area contributed by atoms with Gasteiger partial charge in [-0.15, -0.1) is 0 Å². The van der Waals surface area contributed by atoms with Crippen molar-refractivity contribution in [3.05, 3.63) is 76.4 Å². The van der Waals surface area contributed by atoms with Crippen LogP contribution in [0.3, 0.4) is 0 Å². The summed E-state index contributed by atoms with van der Waals surface area (Å²) in [5.74, 6) is -0.941. The van der Waals surface area contributed by atoms with E-state index in [1.54, 1.807) is 62.1 Å². The summed E-state index contributed by atoms with van der Waals surface area (Å²) >= 11 is 1.09. The molecule has 0 radical (unpaired) electrons. The number of aromatic nitrogens is 3. The van der Waals surface area contributed by atoms with Crippen molar-refractivity contribution in [2.75, 3.05) is 12.3 Å². The molecule has 1 aliphatic heterocycles. The third kappa shape index (κ3) is 3.58. The van der Waals surface area contributed by atoms with Crippen LogP contribution in [0.15, 0.2) is 49.1 Å². The van der Waals surface area contributed by atoms with Crippen LogP contribution < -0.4 is 16.3 Å². The van der Waals surface area contributed by atoms with E-state index in [0.717, 1.165) is 17.3 Å². The van der Waals surface area contributed by atoms with Gasteiger partial charge in [0.2, 0.25) is 5.91 Å². The standard InChI is InChI=1S/C22H17N5O3S/c1-2-30-22(29)20-18-15(11-13-3-7-25-8-4-13)17(24)16(12-23)27(18)21(28)19(31-20)14-5-9-26-10-6-14/h3-11,19H,2,24H2,1H3/b15-11+. The maximum atomic E-state index is 13.5. The van der Waals surface area contributed by atoms with Crippen molar-refractivity contribution in [3.8, 4) is 6.07 Å². The van der Waals surface area contributed by atoms with Crippen LogP contribution in [0.5, 0.6) is 0 Å². The van der Waals surface area contributed by atoms with Crippen molar-refractivity contribution in [3.63, 3.8) is 0 Å². The largest absolute Gasteiger partial charge is 0.462 e. The minimum absolute atomic E-state index is 0.0125. The number of hydrogen-bond donors (Lipinski definition) is 1. The molecule has 0 amide bonds. The number of carbonyl (C=O) groups excluding carboxylic acids is 2. The van der Waals surface area contributed by atoms with Gasteiger partial charge in [-0.05, 0) is 48.4 Å². The second-order valence-electron chi connectivity index (χ2n) is 6.56. The highest BCUT2D eigenvalue weighted by Crippen LogP contribution is 2.39. The van der Waals surface area contributed by atoms with E-state index in [0.29, 0.717) is 10.8 Å². The summed E-state index contributed by atoms with van der Waals surface area (Å²) < 4.78 is 6.50. The minimum atomic E-state index is -0.748.